The molecule has 6 nitrogen and oxygen atoms in total. The lowest BCUT2D eigenvalue weighted by Crippen LogP contribution is -2.29. The zero-order valence-corrected chi connectivity index (χ0v) is 16.0. The first-order valence-electron chi connectivity index (χ1n) is 8.93. The molecule has 3 rings (SSSR count). The summed E-state index contributed by atoms with van der Waals surface area (Å²) in [5.74, 6) is 0.414. The minimum atomic E-state index is -3.49. The van der Waals surface area contributed by atoms with Gasteiger partial charge in [0.25, 0.3) is 0 Å². The van der Waals surface area contributed by atoms with Crippen LogP contribution in [0.3, 0.4) is 0 Å². The van der Waals surface area contributed by atoms with Gasteiger partial charge in [0.05, 0.1) is 11.5 Å². The molecule has 27 heavy (non-hydrogen) atoms. The lowest BCUT2D eigenvalue weighted by Gasteiger charge is -2.11. The van der Waals surface area contributed by atoms with E-state index in [2.05, 4.69) is 4.72 Å². The molecule has 0 saturated heterocycles. The molecule has 2 aromatic rings. The monoisotopic (exact) mass is 389 g/mol. The molecule has 0 aromatic heterocycles. The molecule has 1 atom stereocenters. The summed E-state index contributed by atoms with van der Waals surface area (Å²) in [6.45, 7) is 2.34. The van der Waals surface area contributed by atoms with E-state index in [4.69, 9.17) is 9.47 Å². The summed E-state index contributed by atoms with van der Waals surface area (Å²) in [6, 6.07) is 14.1. The lowest BCUT2D eigenvalue weighted by molar-refractivity contribution is -0.145. The van der Waals surface area contributed by atoms with Crippen LogP contribution in [0, 0.1) is 5.92 Å². The van der Waals surface area contributed by atoms with Gasteiger partial charge in [0.15, 0.2) is 6.61 Å². The van der Waals surface area contributed by atoms with Gasteiger partial charge in [-0.15, -0.1) is 0 Å². The average molecular weight is 389 g/mol. The Bertz CT molecular complexity index is 896. The van der Waals surface area contributed by atoms with E-state index in [1.54, 1.807) is 37.3 Å². The van der Waals surface area contributed by atoms with Gasteiger partial charge in [0.1, 0.15) is 5.75 Å². The van der Waals surface area contributed by atoms with E-state index in [0.29, 0.717) is 18.9 Å². The Morgan fingerprint density at radius 2 is 1.85 bits per heavy atom. The molecular formula is C20H23NO5S. The number of nitrogens with one attached hydrogen (secondary N) is 1. The van der Waals surface area contributed by atoms with Gasteiger partial charge in [0.2, 0.25) is 10.0 Å². The van der Waals surface area contributed by atoms with Crippen molar-refractivity contribution in [2.45, 2.75) is 24.7 Å². The Hall–Kier alpha value is -2.38. The molecule has 1 aliphatic rings. The van der Waals surface area contributed by atoms with Gasteiger partial charge in [-0.1, -0.05) is 24.3 Å². The minimum Gasteiger partial charge on any atom is -0.482 e. The largest absolute Gasteiger partial charge is 0.482 e. The third-order valence-corrected chi connectivity index (χ3v) is 5.91. The minimum absolute atomic E-state index is 0.118. The van der Waals surface area contributed by atoms with Crippen LogP contribution in [0.5, 0.6) is 5.75 Å². The number of esters is 1. The van der Waals surface area contributed by atoms with Crippen molar-refractivity contribution in [2.24, 2.45) is 5.92 Å². The third kappa shape index (κ3) is 5.08. The second-order valence-corrected chi connectivity index (χ2v) is 8.23. The summed E-state index contributed by atoms with van der Waals surface area (Å²) in [7, 11) is -3.49. The Kier molecular flexibility index (Phi) is 6.13. The van der Waals surface area contributed by atoms with Crippen LogP contribution in [0.4, 0.5) is 0 Å². The molecule has 1 N–H and O–H groups in total. The topological polar surface area (TPSA) is 81.7 Å². The quantitative estimate of drug-likeness (QED) is 0.701. The predicted octanol–water partition coefficient (Wildman–Crippen LogP) is 2.32. The highest BCUT2D eigenvalue weighted by Gasteiger charge is 2.24. The molecule has 0 spiro atoms. The molecule has 0 heterocycles. The predicted molar refractivity (Wildman–Crippen MR) is 101 cm³/mol. The molecule has 144 valence electrons. The van der Waals surface area contributed by atoms with Crippen molar-refractivity contribution < 1.29 is 22.7 Å². The number of benzene rings is 2. The van der Waals surface area contributed by atoms with Crippen molar-refractivity contribution >= 4 is 16.0 Å². The summed E-state index contributed by atoms with van der Waals surface area (Å²) in [4.78, 5) is 11.7. The van der Waals surface area contributed by atoms with Gasteiger partial charge in [-0.3, -0.25) is 0 Å². The molecule has 0 bridgehead atoms. The van der Waals surface area contributed by atoms with E-state index in [-0.39, 0.29) is 17.4 Å². The zero-order chi connectivity index (χ0) is 19.3. The van der Waals surface area contributed by atoms with E-state index in [1.807, 2.05) is 18.2 Å². The Morgan fingerprint density at radius 3 is 2.59 bits per heavy atom. The van der Waals surface area contributed by atoms with Gasteiger partial charge in [-0.25, -0.2) is 17.9 Å². The number of sulfonamides is 1. The molecule has 1 unspecified atom stereocenters. The number of ether oxygens (including phenoxy) is 2. The maximum Gasteiger partial charge on any atom is 0.344 e. The van der Waals surface area contributed by atoms with Crippen LogP contribution < -0.4 is 9.46 Å². The Balaban J connectivity index is 1.55. The second kappa shape index (κ2) is 8.54. The summed E-state index contributed by atoms with van der Waals surface area (Å²) < 4.78 is 37.7. The first-order chi connectivity index (χ1) is 13.0. The van der Waals surface area contributed by atoms with Gasteiger partial charge in [-0.2, -0.15) is 0 Å². The fraction of sp³-hybridized carbons (Fsp3) is 0.350. The van der Waals surface area contributed by atoms with Crippen LogP contribution in [-0.2, 0) is 32.4 Å². The molecule has 0 aliphatic heterocycles. The van der Waals surface area contributed by atoms with Crippen molar-refractivity contribution in [3.8, 4) is 5.75 Å². The maximum absolute atomic E-state index is 12.3. The molecule has 0 radical (unpaired) electrons. The van der Waals surface area contributed by atoms with E-state index < -0.39 is 16.0 Å². The van der Waals surface area contributed by atoms with Crippen LogP contribution in [0.15, 0.2) is 53.4 Å². The molecule has 0 amide bonds. The summed E-state index contributed by atoms with van der Waals surface area (Å²) in [5, 5.41) is 0. The SMILES string of the molecule is CCOC(=O)COc1ccc2c(c1)CC(CNS(=O)(=O)c1ccccc1)C2. The summed E-state index contributed by atoms with van der Waals surface area (Å²) >= 11 is 0. The first kappa shape index (κ1) is 19.4. The van der Waals surface area contributed by atoms with Gasteiger partial charge in [-0.05, 0) is 61.1 Å². The standard InChI is InChI=1S/C20H23NO5S/c1-2-25-20(22)14-26-18-9-8-16-10-15(11-17(16)12-18)13-21-27(23,24)19-6-4-3-5-7-19/h3-9,12,15,21H,2,10-11,13-14H2,1H3. The number of rotatable bonds is 8. The second-order valence-electron chi connectivity index (χ2n) is 6.46. The molecular weight excluding hydrogens is 366 g/mol. The molecule has 0 fully saturated rings. The van der Waals surface area contributed by atoms with Crippen LogP contribution >= 0.6 is 0 Å². The van der Waals surface area contributed by atoms with Crippen LogP contribution in [0.25, 0.3) is 0 Å². The molecule has 2 aromatic carbocycles. The third-order valence-electron chi connectivity index (χ3n) is 4.47. The highest BCUT2D eigenvalue weighted by molar-refractivity contribution is 7.89. The number of hydrogen-bond donors (Lipinski definition) is 1. The first-order valence-corrected chi connectivity index (χ1v) is 10.4. The van der Waals surface area contributed by atoms with Crippen LogP contribution in [-0.4, -0.2) is 34.1 Å². The van der Waals surface area contributed by atoms with E-state index in [1.165, 1.54) is 5.56 Å². The maximum atomic E-state index is 12.3. The van der Waals surface area contributed by atoms with E-state index in [9.17, 15) is 13.2 Å². The van der Waals surface area contributed by atoms with Crippen LogP contribution in [0.1, 0.15) is 18.1 Å². The van der Waals surface area contributed by atoms with Crippen molar-refractivity contribution in [1.29, 1.82) is 0 Å². The summed E-state index contributed by atoms with van der Waals surface area (Å²) in [6.07, 6.45) is 1.58. The van der Waals surface area contributed by atoms with Gasteiger partial charge in [0, 0.05) is 6.54 Å². The van der Waals surface area contributed by atoms with Gasteiger partial charge < -0.3 is 9.47 Å². The van der Waals surface area contributed by atoms with Crippen molar-refractivity contribution in [1.82, 2.24) is 4.72 Å². The highest BCUT2D eigenvalue weighted by atomic mass is 32.2. The number of carbonyl (C=O) groups is 1. The fourth-order valence-corrected chi connectivity index (χ4v) is 4.31. The Morgan fingerprint density at radius 1 is 1.11 bits per heavy atom. The highest BCUT2D eigenvalue weighted by Crippen LogP contribution is 2.30. The Labute approximate surface area is 159 Å². The smallest absolute Gasteiger partial charge is 0.344 e. The number of carbonyl (C=O) groups excluding carboxylic acids is 1. The van der Waals surface area contributed by atoms with E-state index in [0.717, 1.165) is 18.4 Å². The lowest BCUT2D eigenvalue weighted by atomic mass is 10.1. The zero-order valence-electron chi connectivity index (χ0n) is 15.2. The van der Waals surface area contributed by atoms with E-state index >= 15 is 0 Å². The molecule has 7 heteroatoms. The van der Waals surface area contributed by atoms with Crippen molar-refractivity contribution in [3.63, 3.8) is 0 Å². The van der Waals surface area contributed by atoms with Crippen LogP contribution in [0.2, 0.25) is 0 Å². The van der Waals surface area contributed by atoms with Crippen molar-refractivity contribution in [3.05, 3.63) is 59.7 Å². The number of hydrogen-bond acceptors (Lipinski definition) is 5. The fourth-order valence-electron chi connectivity index (χ4n) is 3.18. The summed E-state index contributed by atoms with van der Waals surface area (Å²) in [5.41, 5.74) is 2.31. The van der Waals surface area contributed by atoms with Crippen molar-refractivity contribution in [2.75, 3.05) is 19.8 Å². The molecule has 0 saturated carbocycles. The number of fused-ring (bicyclic) bond motifs is 1. The molecule has 1 aliphatic carbocycles. The normalized spacial score (nSPS) is 16.0. The average Bonchev–Trinajstić information content (AvgIpc) is 3.08. The van der Waals surface area contributed by atoms with Gasteiger partial charge >= 0.3 is 5.97 Å².